The van der Waals surface area contributed by atoms with Crippen LogP contribution in [0.15, 0.2) is 16.3 Å². The van der Waals surface area contributed by atoms with Gasteiger partial charge in [0.1, 0.15) is 4.21 Å². The lowest BCUT2D eigenvalue weighted by atomic mass is 10.2. The first-order valence-electron chi connectivity index (χ1n) is 4.85. The maximum absolute atomic E-state index is 12.2. The molecule has 0 aliphatic carbocycles. The Bertz CT molecular complexity index is 474. The Morgan fingerprint density at radius 3 is 2.81 bits per heavy atom. The van der Waals surface area contributed by atoms with Crippen LogP contribution in [0, 0.1) is 5.92 Å². The van der Waals surface area contributed by atoms with Crippen molar-refractivity contribution in [2.24, 2.45) is 5.92 Å². The number of rotatable bonds is 3. The number of alkyl halides is 1. The molecule has 1 aliphatic rings. The number of halogens is 2. The normalized spacial score (nSPS) is 22.8. The number of hydrogen-bond donors (Lipinski definition) is 0. The summed E-state index contributed by atoms with van der Waals surface area (Å²) in [6.07, 6.45) is 0.920. The second kappa shape index (κ2) is 4.94. The van der Waals surface area contributed by atoms with Gasteiger partial charge in [0.25, 0.3) is 10.0 Å². The second-order valence-electron chi connectivity index (χ2n) is 3.73. The van der Waals surface area contributed by atoms with E-state index in [1.807, 2.05) is 0 Å². The maximum atomic E-state index is 12.2. The standard InChI is InChI=1S/C9H11BrClNO2S2/c10-5-7-3-4-12(6-7)16(13,14)9-2-1-8(11)15-9/h1-2,7H,3-6H2. The molecule has 1 fully saturated rings. The molecule has 16 heavy (non-hydrogen) atoms. The Kier molecular flexibility index (Phi) is 3.96. The van der Waals surface area contributed by atoms with Crippen LogP contribution in [0.25, 0.3) is 0 Å². The van der Waals surface area contributed by atoms with Gasteiger partial charge in [0.15, 0.2) is 0 Å². The van der Waals surface area contributed by atoms with Gasteiger partial charge < -0.3 is 0 Å². The molecular weight excluding hydrogens is 334 g/mol. The van der Waals surface area contributed by atoms with Crippen LogP contribution in [0.2, 0.25) is 4.34 Å². The van der Waals surface area contributed by atoms with Crippen molar-refractivity contribution in [3.63, 3.8) is 0 Å². The number of nitrogens with zero attached hydrogens (tertiary/aromatic N) is 1. The molecule has 1 aliphatic heterocycles. The summed E-state index contributed by atoms with van der Waals surface area (Å²) in [6, 6.07) is 3.20. The van der Waals surface area contributed by atoms with Gasteiger partial charge in [-0.3, -0.25) is 0 Å². The third-order valence-corrected chi connectivity index (χ3v) is 7.09. The fourth-order valence-electron chi connectivity index (χ4n) is 1.70. The summed E-state index contributed by atoms with van der Waals surface area (Å²) < 4.78 is 26.7. The van der Waals surface area contributed by atoms with E-state index in [1.165, 1.54) is 0 Å². The zero-order chi connectivity index (χ0) is 11.8. The molecule has 7 heteroatoms. The summed E-state index contributed by atoms with van der Waals surface area (Å²) in [7, 11) is -3.31. The first-order chi connectivity index (χ1) is 7.54. The van der Waals surface area contributed by atoms with E-state index in [9.17, 15) is 8.42 Å². The van der Waals surface area contributed by atoms with Crippen LogP contribution >= 0.6 is 38.9 Å². The molecule has 0 spiro atoms. The van der Waals surface area contributed by atoms with Gasteiger partial charge in [-0.2, -0.15) is 4.31 Å². The largest absolute Gasteiger partial charge is 0.252 e. The van der Waals surface area contributed by atoms with Crippen LogP contribution in [0.1, 0.15) is 6.42 Å². The lowest BCUT2D eigenvalue weighted by molar-refractivity contribution is 0.467. The van der Waals surface area contributed by atoms with Gasteiger partial charge in [0, 0.05) is 18.4 Å². The van der Waals surface area contributed by atoms with Gasteiger partial charge in [-0.1, -0.05) is 27.5 Å². The third kappa shape index (κ3) is 2.46. The van der Waals surface area contributed by atoms with E-state index in [-0.39, 0.29) is 0 Å². The van der Waals surface area contributed by atoms with E-state index < -0.39 is 10.0 Å². The minimum absolute atomic E-state index is 0.340. The molecule has 0 N–H and O–H groups in total. The van der Waals surface area contributed by atoms with Crippen LogP contribution in [0.4, 0.5) is 0 Å². The Labute approximate surface area is 113 Å². The van der Waals surface area contributed by atoms with Gasteiger partial charge in [-0.05, 0) is 24.5 Å². The van der Waals surface area contributed by atoms with Gasteiger partial charge in [0.2, 0.25) is 0 Å². The highest BCUT2D eigenvalue weighted by Gasteiger charge is 2.32. The molecule has 1 saturated heterocycles. The first kappa shape index (κ1) is 12.8. The average molecular weight is 345 g/mol. The van der Waals surface area contributed by atoms with Crippen LogP contribution < -0.4 is 0 Å². The summed E-state index contributed by atoms with van der Waals surface area (Å²) in [4.78, 5) is 0. The minimum atomic E-state index is -3.31. The molecule has 0 aromatic carbocycles. The van der Waals surface area contributed by atoms with Crippen LogP contribution in [0.3, 0.4) is 0 Å². The van der Waals surface area contributed by atoms with Crippen LogP contribution in [-0.4, -0.2) is 31.1 Å². The van der Waals surface area contributed by atoms with Crippen LogP contribution in [0.5, 0.6) is 0 Å². The molecule has 1 aromatic heterocycles. The van der Waals surface area contributed by atoms with Crippen molar-refractivity contribution >= 4 is 48.9 Å². The van der Waals surface area contributed by atoms with E-state index in [1.54, 1.807) is 16.4 Å². The van der Waals surface area contributed by atoms with Crippen LogP contribution in [-0.2, 0) is 10.0 Å². The van der Waals surface area contributed by atoms with Gasteiger partial charge in [-0.25, -0.2) is 8.42 Å². The lowest BCUT2D eigenvalue weighted by Gasteiger charge is -2.14. The topological polar surface area (TPSA) is 37.4 Å². The zero-order valence-corrected chi connectivity index (χ0v) is 12.4. The second-order valence-corrected chi connectivity index (χ2v) is 8.26. The molecule has 0 radical (unpaired) electrons. The number of hydrogen-bond acceptors (Lipinski definition) is 3. The third-order valence-electron chi connectivity index (χ3n) is 2.61. The van der Waals surface area contributed by atoms with E-state index in [4.69, 9.17) is 11.6 Å². The molecule has 90 valence electrons. The number of sulfonamides is 1. The summed E-state index contributed by atoms with van der Waals surface area (Å²) in [5.41, 5.74) is 0. The summed E-state index contributed by atoms with van der Waals surface area (Å²) in [6.45, 7) is 1.21. The van der Waals surface area contributed by atoms with Gasteiger partial charge in [0.05, 0.1) is 4.34 Å². The smallest absolute Gasteiger partial charge is 0.206 e. The zero-order valence-electron chi connectivity index (χ0n) is 8.40. The Balaban J connectivity index is 2.21. The molecule has 1 atom stereocenters. The van der Waals surface area contributed by atoms with E-state index >= 15 is 0 Å². The summed E-state index contributed by atoms with van der Waals surface area (Å²) in [5.74, 6) is 0.421. The van der Waals surface area contributed by atoms with Crippen molar-refractivity contribution in [1.29, 1.82) is 0 Å². The molecule has 1 unspecified atom stereocenters. The molecule has 0 saturated carbocycles. The highest BCUT2D eigenvalue weighted by Crippen LogP contribution is 2.31. The Morgan fingerprint density at radius 1 is 1.56 bits per heavy atom. The van der Waals surface area contributed by atoms with Gasteiger partial charge in [-0.15, -0.1) is 11.3 Å². The van der Waals surface area contributed by atoms with E-state index in [0.717, 1.165) is 23.1 Å². The molecule has 2 heterocycles. The Hall–Kier alpha value is 0.380. The fourth-order valence-corrected chi connectivity index (χ4v) is 5.40. The molecular formula is C9H11BrClNO2S2. The first-order valence-corrected chi connectivity index (χ1v) is 8.61. The van der Waals surface area contributed by atoms with Crippen molar-refractivity contribution < 1.29 is 8.42 Å². The highest BCUT2D eigenvalue weighted by molar-refractivity contribution is 9.09. The van der Waals surface area contributed by atoms with Crippen molar-refractivity contribution in [3.8, 4) is 0 Å². The Morgan fingerprint density at radius 2 is 2.31 bits per heavy atom. The van der Waals surface area contributed by atoms with Crippen molar-refractivity contribution in [1.82, 2.24) is 4.31 Å². The monoisotopic (exact) mass is 343 g/mol. The van der Waals surface area contributed by atoms with Crippen molar-refractivity contribution in [2.75, 3.05) is 18.4 Å². The summed E-state index contributed by atoms with van der Waals surface area (Å²) in [5, 5.41) is 0.851. The predicted molar refractivity (Wildman–Crippen MR) is 70.0 cm³/mol. The number of thiophene rings is 1. The quantitative estimate of drug-likeness (QED) is 0.791. The SMILES string of the molecule is O=S(=O)(c1ccc(Cl)s1)N1CCC(CBr)C1. The maximum Gasteiger partial charge on any atom is 0.252 e. The van der Waals surface area contributed by atoms with Gasteiger partial charge >= 0.3 is 0 Å². The lowest BCUT2D eigenvalue weighted by Crippen LogP contribution is -2.28. The molecule has 1 aromatic rings. The molecule has 2 rings (SSSR count). The fraction of sp³-hybridized carbons (Fsp3) is 0.556. The molecule has 0 bridgehead atoms. The molecule has 3 nitrogen and oxygen atoms in total. The summed E-state index contributed by atoms with van der Waals surface area (Å²) >= 11 is 10.3. The molecule has 0 amide bonds. The van der Waals surface area contributed by atoms with E-state index in [0.29, 0.717) is 27.6 Å². The predicted octanol–water partition coefficient (Wildman–Crippen LogP) is 2.81. The van der Waals surface area contributed by atoms with Crippen molar-refractivity contribution in [2.45, 2.75) is 10.6 Å². The van der Waals surface area contributed by atoms with Crippen molar-refractivity contribution in [3.05, 3.63) is 16.5 Å². The van der Waals surface area contributed by atoms with E-state index in [2.05, 4.69) is 15.9 Å². The highest BCUT2D eigenvalue weighted by atomic mass is 79.9. The minimum Gasteiger partial charge on any atom is -0.206 e. The average Bonchev–Trinajstić information content (AvgIpc) is 2.85.